The summed E-state index contributed by atoms with van der Waals surface area (Å²) in [7, 11) is 0. The van der Waals surface area contributed by atoms with Gasteiger partial charge >= 0.3 is 0 Å². The van der Waals surface area contributed by atoms with Gasteiger partial charge in [0.15, 0.2) is 5.82 Å². The lowest BCUT2D eigenvalue weighted by Crippen LogP contribution is -2.09. The normalized spacial score (nSPS) is 10.8. The van der Waals surface area contributed by atoms with Crippen molar-refractivity contribution in [3.05, 3.63) is 46.9 Å². The number of H-pyrrole nitrogens is 2. The number of aromatic amines is 2. The van der Waals surface area contributed by atoms with Gasteiger partial charge < -0.3 is 4.98 Å². The molecule has 0 radical (unpaired) electrons. The molecule has 0 unspecified atom stereocenters. The first-order valence-corrected chi connectivity index (χ1v) is 4.84. The maximum atomic E-state index is 11.8. The summed E-state index contributed by atoms with van der Waals surface area (Å²) in [5, 5.41) is 7.25. The monoisotopic (exact) mass is 212 g/mol. The van der Waals surface area contributed by atoms with Crippen molar-refractivity contribution in [2.45, 2.75) is 0 Å². The standard InChI is InChI=1S/C11H8N4O/c16-11-7-3-1-2-4-8(7)13-10(14-11)9-5-6-12-15-9/h1-6H,(H,12,15)(H,13,14,16). The van der Waals surface area contributed by atoms with Crippen LogP contribution in [0.2, 0.25) is 0 Å². The first kappa shape index (κ1) is 8.84. The molecule has 5 nitrogen and oxygen atoms in total. The summed E-state index contributed by atoms with van der Waals surface area (Å²) < 4.78 is 0. The van der Waals surface area contributed by atoms with E-state index >= 15 is 0 Å². The third kappa shape index (κ3) is 1.30. The Morgan fingerprint density at radius 1 is 1.12 bits per heavy atom. The van der Waals surface area contributed by atoms with E-state index in [1.165, 1.54) is 0 Å². The van der Waals surface area contributed by atoms with Crippen molar-refractivity contribution in [2.24, 2.45) is 0 Å². The van der Waals surface area contributed by atoms with Crippen LogP contribution in [0.5, 0.6) is 0 Å². The van der Waals surface area contributed by atoms with Crippen molar-refractivity contribution in [3.8, 4) is 11.5 Å². The molecule has 0 saturated heterocycles. The van der Waals surface area contributed by atoms with E-state index in [9.17, 15) is 4.79 Å². The number of para-hydroxylation sites is 1. The van der Waals surface area contributed by atoms with Gasteiger partial charge in [0, 0.05) is 6.20 Å². The molecule has 0 fully saturated rings. The van der Waals surface area contributed by atoms with Crippen molar-refractivity contribution < 1.29 is 0 Å². The molecule has 1 aromatic carbocycles. The largest absolute Gasteiger partial charge is 0.305 e. The molecule has 2 aromatic heterocycles. The van der Waals surface area contributed by atoms with Crippen LogP contribution < -0.4 is 5.56 Å². The molecule has 0 aliphatic carbocycles. The highest BCUT2D eigenvalue weighted by atomic mass is 16.1. The summed E-state index contributed by atoms with van der Waals surface area (Å²) in [6.45, 7) is 0. The van der Waals surface area contributed by atoms with E-state index in [1.54, 1.807) is 24.4 Å². The Kier molecular flexibility index (Phi) is 1.83. The molecule has 0 spiro atoms. The van der Waals surface area contributed by atoms with E-state index in [0.29, 0.717) is 22.4 Å². The highest BCUT2D eigenvalue weighted by molar-refractivity contribution is 5.78. The van der Waals surface area contributed by atoms with Crippen LogP contribution in [0.4, 0.5) is 0 Å². The second-order valence-corrected chi connectivity index (χ2v) is 3.39. The Bertz CT molecular complexity index is 685. The lowest BCUT2D eigenvalue weighted by molar-refractivity contribution is 1.06. The van der Waals surface area contributed by atoms with Gasteiger partial charge in [-0.3, -0.25) is 9.89 Å². The van der Waals surface area contributed by atoms with E-state index < -0.39 is 0 Å². The van der Waals surface area contributed by atoms with Gasteiger partial charge in [0.2, 0.25) is 0 Å². The lowest BCUT2D eigenvalue weighted by atomic mass is 10.2. The second kappa shape index (κ2) is 3.30. The minimum absolute atomic E-state index is 0.149. The first-order chi connectivity index (χ1) is 7.84. The SMILES string of the molecule is O=c1[nH]c(-c2cc[nH]n2)nc2ccccc12. The number of rotatable bonds is 1. The summed E-state index contributed by atoms with van der Waals surface area (Å²) >= 11 is 0. The maximum absolute atomic E-state index is 11.8. The third-order valence-corrected chi connectivity index (χ3v) is 2.36. The van der Waals surface area contributed by atoms with Crippen molar-refractivity contribution in [2.75, 3.05) is 0 Å². The topological polar surface area (TPSA) is 74.4 Å². The molecule has 2 heterocycles. The third-order valence-electron chi connectivity index (χ3n) is 2.36. The lowest BCUT2D eigenvalue weighted by Gasteiger charge is -1.99. The smallest absolute Gasteiger partial charge is 0.259 e. The van der Waals surface area contributed by atoms with Gasteiger partial charge in [0.25, 0.3) is 5.56 Å². The zero-order chi connectivity index (χ0) is 11.0. The average molecular weight is 212 g/mol. The molecule has 0 saturated carbocycles. The fraction of sp³-hybridized carbons (Fsp3) is 0. The Morgan fingerprint density at radius 3 is 2.81 bits per heavy atom. The zero-order valence-electron chi connectivity index (χ0n) is 8.27. The van der Waals surface area contributed by atoms with Gasteiger partial charge in [-0.05, 0) is 18.2 Å². The van der Waals surface area contributed by atoms with Crippen LogP contribution in [0, 0.1) is 0 Å². The molecular formula is C11H8N4O. The molecule has 3 aromatic rings. The molecule has 78 valence electrons. The van der Waals surface area contributed by atoms with E-state index in [4.69, 9.17) is 0 Å². The molecule has 0 bridgehead atoms. The van der Waals surface area contributed by atoms with Crippen LogP contribution in [0.1, 0.15) is 0 Å². The van der Waals surface area contributed by atoms with E-state index in [-0.39, 0.29) is 5.56 Å². The molecule has 0 amide bonds. The molecule has 0 atom stereocenters. The quantitative estimate of drug-likeness (QED) is 0.638. The Hall–Kier alpha value is -2.43. The summed E-state index contributed by atoms with van der Waals surface area (Å²) in [4.78, 5) is 18.8. The highest BCUT2D eigenvalue weighted by Crippen LogP contribution is 2.12. The number of aromatic nitrogens is 4. The van der Waals surface area contributed by atoms with Crippen molar-refractivity contribution in [1.29, 1.82) is 0 Å². The van der Waals surface area contributed by atoms with E-state index in [2.05, 4.69) is 20.2 Å². The zero-order valence-corrected chi connectivity index (χ0v) is 8.27. The van der Waals surface area contributed by atoms with Crippen LogP contribution in [-0.2, 0) is 0 Å². The second-order valence-electron chi connectivity index (χ2n) is 3.39. The number of nitrogens with zero attached hydrogens (tertiary/aromatic N) is 2. The summed E-state index contributed by atoms with van der Waals surface area (Å²) in [5.74, 6) is 0.477. The molecule has 16 heavy (non-hydrogen) atoms. The molecular weight excluding hydrogens is 204 g/mol. The van der Waals surface area contributed by atoms with Gasteiger partial charge in [0.05, 0.1) is 10.9 Å². The molecule has 0 aliphatic heterocycles. The fourth-order valence-electron chi connectivity index (χ4n) is 1.60. The number of nitrogens with one attached hydrogen (secondary N) is 2. The van der Waals surface area contributed by atoms with Gasteiger partial charge in [-0.1, -0.05) is 12.1 Å². The van der Waals surface area contributed by atoms with Crippen LogP contribution in [0.3, 0.4) is 0 Å². The Labute approximate surface area is 90.2 Å². The van der Waals surface area contributed by atoms with E-state index in [1.807, 2.05) is 12.1 Å². The minimum Gasteiger partial charge on any atom is -0.305 e. The van der Waals surface area contributed by atoms with Crippen molar-refractivity contribution in [3.63, 3.8) is 0 Å². The van der Waals surface area contributed by atoms with Gasteiger partial charge in [0.1, 0.15) is 5.69 Å². The summed E-state index contributed by atoms with van der Waals surface area (Å²) in [6.07, 6.45) is 1.69. The number of hydrogen-bond donors (Lipinski definition) is 2. The average Bonchev–Trinajstić information content (AvgIpc) is 2.82. The van der Waals surface area contributed by atoms with Crippen LogP contribution in [0.25, 0.3) is 22.4 Å². The van der Waals surface area contributed by atoms with Gasteiger partial charge in [-0.25, -0.2) is 4.98 Å². The molecule has 5 heteroatoms. The van der Waals surface area contributed by atoms with Crippen LogP contribution >= 0.6 is 0 Å². The summed E-state index contributed by atoms with van der Waals surface area (Å²) in [6, 6.07) is 8.97. The van der Waals surface area contributed by atoms with Crippen molar-refractivity contribution >= 4 is 10.9 Å². The van der Waals surface area contributed by atoms with E-state index in [0.717, 1.165) is 0 Å². The van der Waals surface area contributed by atoms with Crippen LogP contribution in [0.15, 0.2) is 41.3 Å². The fourth-order valence-corrected chi connectivity index (χ4v) is 1.60. The Morgan fingerprint density at radius 2 is 2.00 bits per heavy atom. The predicted molar refractivity (Wildman–Crippen MR) is 59.9 cm³/mol. The molecule has 2 N–H and O–H groups in total. The minimum atomic E-state index is -0.149. The number of hydrogen-bond acceptors (Lipinski definition) is 3. The maximum Gasteiger partial charge on any atom is 0.259 e. The van der Waals surface area contributed by atoms with Gasteiger partial charge in [-0.15, -0.1) is 0 Å². The molecule has 0 aliphatic rings. The van der Waals surface area contributed by atoms with Crippen molar-refractivity contribution in [1.82, 2.24) is 20.2 Å². The highest BCUT2D eigenvalue weighted by Gasteiger charge is 2.06. The number of benzene rings is 1. The Balaban J connectivity index is 2.34. The molecule has 3 rings (SSSR count). The van der Waals surface area contributed by atoms with Gasteiger partial charge in [-0.2, -0.15) is 5.10 Å². The first-order valence-electron chi connectivity index (χ1n) is 4.84. The number of fused-ring (bicyclic) bond motifs is 1. The van der Waals surface area contributed by atoms with Crippen LogP contribution in [-0.4, -0.2) is 20.2 Å². The predicted octanol–water partition coefficient (Wildman–Crippen LogP) is 1.31. The summed E-state index contributed by atoms with van der Waals surface area (Å²) in [5.41, 5.74) is 1.15.